The first-order valence-corrected chi connectivity index (χ1v) is 17.1. The van der Waals surface area contributed by atoms with Crippen LogP contribution >= 0.6 is 0 Å². The number of carboxylic acid groups (broad SMARTS) is 1. The highest BCUT2D eigenvalue weighted by atomic mass is 19.4. The van der Waals surface area contributed by atoms with Gasteiger partial charge in [-0.05, 0) is 78.6 Å². The summed E-state index contributed by atoms with van der Waals surface area (Å²) in [5.74, 6) is -3.86. The van der Waals surface area contributed by atoms with Gasteiger partial charge >= 0.3 is 12.1 Å². The number of nitrogens with zero attached hydrogens (tertiary/aromatic N) is 4. The molecule has 7 rings (SSSR count). The number of benzene rings is 2. The Balaban J connectivity index is 1.39. The molecule has 1 amide bonds. The molecule has 2 N–H and O–H groups in total. The van der Waals surface area contributed by atoms with Gasteiger partial charge in [0.25, 0.3) is 5.56 Å². The first-order chi connectivity index (χ1) is 25.1. The predicted molar refractivity (Wildman–Crippen MR) is 178 cm³/mol. The lowest BCUT2D eigenvalue weighted by Gasteiger charge is -2.34. The second-order valence-electron chi connectivity index (χ2n) is 14.0. The van der Waals surface area contributed by atoms with Gasteiger partial charge in [0.15, 0.2) is 0 Å². The second kappa shape index (κ2) is 14.0. The topological polar surface area (TPSA) is 119 Å². The average Bonchev–Trinajstić information content (AvgIpc) is 3.80. The first-order valence-electron chi connectivity index (χ1n) is 17.1. The van der Waals surface area contributed by atoms with Gasteiger partial charge in [-0.1, -0.05) is 6.07 Å². The van der Waals surface area contributed by atoms with Gasteiger partial charge in [-0.2, -0.15) is 13.2 Å². The molecule has 1 saturated carbocycles. The average molecular weight is 744 g/mol. The smallest absolute Gasteiger partial charge is 0.416 e. The Morgan fingerprint density at radius 3 is 2.49 bits per heavy atom. The Morgan fingerprint density at radius 1 is 1.06 bits per heavy atom. The summed E-state index contributed by atoms with van der Waals surface area (Å²) in [6.07, 6.45) is -2.60. The number of nitrogens with one attached hydrogen (secondary N) is 1. The molecule has 16 heteroatoms. The molecule has 0 spiro atoms. The van der Waals surface area contributed by atoms with E-state index >= 15 is 8.78 Å². The number of halogens is 6. The van der Waals surface area contributed by atoms with Crippen molar-refractivity contribution in [2.75, 3.05) is 19.6 Å². The Bertz CT molecular complexity index is 2140. The fraction of sp³-hybridized carbons (Fsp3) is 0.405. The number of carbonyl (C=O) groups is 2. The van der Waals surface area contributed by atoms with Gasteiger partial charge in [-0.3, -0.25) is 28.5 Å². The Morgan fingerprint density at radius 2 is 1.81 bits per heavy atom. The van der Waals surface area contributed by atoms with Gasteiger partial charge in [0.2, 0.25) is 11.8 Å². The van der Waals surface area contributed by atoms with E-state index in [0.717, 1.165) is 25.1 Å². The summed E-state index contributed by atoms with van der Waals surface area (Å²) in [5.41, 5.74) is -2.34. The zero-order valence-electron chi connectivity index (χ0n) is 28.4. The van der Waals surface area contributed by atoms with Crippen molar-refractivity contribution in [3.05, 3.63) is 104 Å². The Labute approximate surface area is 299 Å². The number of aliphatic carboxylic acids is 1. The molecular formula is C37H35F6N5O5. The number of aromatic nitrogens is 3. The molecule has 0 unspecified atom stereocenters. The molecule has 2 atom stereocenters. The minimum Gasteiger partial charge on any atom is -0.481 e. The third-order valence-electron chi connectivity index (χ3n) is 9.87. The van der Waals surface area contributed by atoms with Gasteiger partial charge in [0, 0.05) is 55.8 Å². The molecule has 2 aromatic carbocycles. The zero-order chi connectivity index (χ0) is 37.8. The number of amides is 1. The van der Waals surface area contributed by atoms with Crippen LogP contribution in [0.2, 0.25) is 0 Å². The summed E-state index contributed by atoms with van der Waals surface area (Å²) in [6, 6.07) is 3.27. The quantitative estimate of drug-likeness (QED) is 0.221. The Hall–Kier alpha value is -5.12. The maximum atomic E-state index is 16.0. The van der Waals surface area contributed by atoms with Crippen LogP contribution in [-0.4, -0.2) is 62.0 Å². The van der Waals surface area contributed by atoms with Crippen LogP contribution in [0.1, 0.15) is 64.7 Å². The lowest BCUT2D eigenvalue weighted by atomic mass is 9.94. The molecule has 4 heterocycles. The van der Waals surface area contributed by atoms with E-state index in [4.69, 9.17) is 4.74 Å². The van der Waals surface area contributed by atoms with E-state index in [2.05, 4.69) is 10.4 Å². The molecule has 1 aliphatic carbocycles. The molecular weight excluding hydrogens is 708 g/mol. The highest BCUT2D eigenvalue weighted by molar-refractivity contribution is 5.85. The molecule has 0 radical (unpaired) electrons. The SMILES string of the molecule is Cc1cc2cc(c1F)[C@H](CC(=O)O)NC(=O)[C@H](n1cc(CCN3CC(F)C3)c(C(F)(F)F)cc1=O)c1cc(ccc1F)COc1nn(CC3CC3)cc1-2. The van der Waals surface area contributed by atoms with Crippen molar-refractivity contribution < 1.29 is 45.8 Å². The molecule has 1 saturated heterocycles. The molecule has 3 aliphatic rings. The predicted octanol–water partition coefficient (Wildman–Crippen LogP) is 5.74. The number of carbonyl (C=O) groups excluding carboxylic acids is 1. The number of hydrogen-bond acceptors (Lipinski definition) is 6. The van der Waals surface area contributed by atoms with Crippen LogP contribution < -0.4 is 15.6 Å². The van der Waals surface area contributed by atoms with E-state index in [9.17, 15) is 37.1 Å². The first kappa shape index (κ1) is 36.2. The van der Waals surface area contributed by atoms with Crippen molar-refractivity contribution in [1.29, 1.82) is 0 Å². The van der Waals surface area contributed by atoms with Crippen molar-refractivity contribution in [3.63, 3.8) is 0 Å². The van der Waals surface area contributed by atoms with Crippen LogP contribution in [0.5, 0.6) is 5.88 Å². The number of rotatable bonds is 8. The molecule has 2 fully saturated rings. The van der Waals surface area contributed by atoms with E-state index in [-0.39, 0.29) is 49.7 Å². The largest absolute Gasteiger partial charge is 0.481 e. The van der Waals surface area contributed by atoms with Crippen LogP contribution in [-0.2, 0) is 35.3 Å². The minimum absolute atomic E-state index is 0.00775. The Kier molecular flexibility index (Phi) is 9.59. The number of pyridine rings is 1. The number of aryl methyl sites for hydroxylation is 1. The number of ether oxygens (including phenoxy) is 1. The molecule has 53 heavy (non-hydrogen) atoms. The monoisotopic (exact) mass is 743 g/mol. The summed E-state index contributed by atoms with van der Waals surface area (Å²) < 4.78 is 96.4. The summed E-state index contributed by atoms with van der Waals surface area (Å²) in [5, 5.41) is 17.0. The number of fused-ring (bicyclic) bond motifs is 6. The highest BCUT2D eigenvalue weighted by Crippen LogP contribution is 2.38. The van der Waals surface area contributed by atoms with Crippen molar-refractivity contribution in [1.82, 2.24) is 24.6 Å². The van der Waals surface area contributed by atoms with Crippen LogP contribution in [0.15, 0.2) is 53.6 Å². The van der Waals surface area contributed by atoms with E-state index < -0.39 is 76.6 Å². The number of hydrogen-bond donors (Lipinski definition) is 2. The molecule has 2 aliphatic heterocycles. The van der Waals surface area contributed by atoms with E-state index in [1.54, 1.807) is 15.8 Å². The zero-order valence-corrected chi connectivity index (χ0v) is 28.4. The molecule has 4 aromatic rings. The molecule has 2 aromatic heterocycles. The molecule has 4 bridgehead atoms. The van der Waals surface area contributed by atoms with Crippen LogP contribution in [0.25, 0.3) is 11.1 Å². The van der Waals surface area contributed by atoms with Crippen molar-refractivity contribution >= 4 is 11.9 Å². The lowest BCUT2D eigenvalue weighted by molar-refractivity contribution is -0.139. The van der Waals surface area contributed by atoms with E-state index in [1.165, 1.54) is 31.2 Å². The maximum absolute atomic E-state index is 16.0. The van der Waals surface area contributed by atoms with Crippen molar-refractivity contribution in [3.8, 4) is 17.0 Å². The maximum Gasteiger partial charge on any atom is 0.416 e. The number of likely N-dealkylation sites (tertiary alicyclic amines) is 1. The van der Waals surface area contributed by atoms with Crippen LogP contribution in [0.4, 0.5) is 26.3 Å². The molecule has 280 valence electrons. The third-order valence-corrected chi connectivity index (χ3v) is 9.87. The summed E-state index contributed by atoms with van der Waals surface area (Å²) in [7, 11) is 0. The summed E-state index contributed by atoms with van der Waals surface area (Å²) in [4.78, 5) is 41.6. The normalized spacial score (nSPS) is 19.5. The summed E-state index contributed by atoms with van der Waals surface area (Å²) >= 11 is 0. The third kappa shape index (κ3) is 7.68. The molecule has 10 nitrogen and oxygen atoms in total. The fourth-order valence-electron chi connectivity index (χ4n) is 6.92. The number of alkyl halides is 4. The van der Waals surface area contributed by atoms with Crippen LogP contribution in [0.3, 0.4) is 0 Å². The van der Waals surface area contributed by atoms with E-state index in [1.807, 2.05) is 0 Å². The van der Waals surface area contributed by atoms with E-state index in [0.29, 0.717) is 39.8 Å². The van der Waals surface area contributed by atoms with Gasteiger partial charge in [0.1, 0.15) is 30.5 Å². The van der Waals surface area contributed by atoms with Crippen LogP contribution in [0, 0.1) is 24.5 Å². The summed E-state index contributed by atoms with van der Waals surface area (Å²) in [6.45, 7) is 1.91. The minimum atomic E-state index is -4.98. The van der Waals surface area contributed by atoms with Gasteiger partial charge in [0.05, 0.1) is 23.6 Å². The van der Waals surface area contributed by atoms with Gasteiger partial charge in [-0.15, -0.1) is 5.10 Å². The van der Waals surface area contributed by atoms with Crippen molar-refractivity contribution in [2.24, 2.45) is 5.92 Å². The lowest BCUT2D eigenvalue weighted by Crippen LogP contribution is -2.49. The highest BCUT2D eigenvalue weighted by Gasteiger charge is 2.38. The second-order valence-corrected chi connectivity index (χ2v) is 14.0. The standard InChI is InChI=1S/C37H35F6N5O5/c1-19-8-23-10-26(33(19)40)30(12-32(50)51)44-35(52)34(48-14-22(6-7-46-15-24(38)16-46)28(11-31(48)49)37(41,42)43)25-9-21(4-5-29(25)39)18-53-36-27(23)17-47(45-36)13-20-2-3-20/h4-5,8-11,14,17,20,24,30,34H,2-3,6-7,12-13,15-16,18H2,1H3,(H,44,52)(H,50,51)/t30-,34+/m0/s1. The van der Waals surface area contributed by atoms with Crippen molar-refractivity contribution in [2.45, 2.75) is 70.2 Å². The van der Waals surface area contributed by atoms with Gasteiger partial charge in [-0.25, -0.2) is 13.2 Å². The fourth-order valence-corrected chi connectivity index (χ4v) is 6.92. The number of carboxylic acids is 1. The van der Waals surface area contributed by atoms with Gasteiger partial charge < -0.3 is 15.2 Å².